The predicted molar refractivity (Wildman–Crippen MR) is 106 cm³/mol. The second kappa shape index (κ2) is 7.23. The molecular weight excluding hydrogens is 364 g/mol. The third-order valence-electron chi connectivity index (χ3n) is 4.73. The van der Waals surface area contributed by atoms with Crippen LogP contribution in [0.5, 0.6) is 5.75 Å². The number of hydrogen-bond acceptors (Lipinski definition) is 1. The molecule has 0 aromatic heterocycles. The lowest BCUT2D eigenvalue weighted by Crippen LogP contribution is -2.43. The minimum Gasteiger partial charge on any atom is -0.543 e. The van der Waals surface area contributed by atoms with Crippen molar-refractivity contribution in [2.45, 2.75) is 51.7 Å². The Labute approximate surface area is 150 Å². The fourth-order valence-corrected chi connectivity index (χ4v) is 3.74. The Morgan fingerprint density at radius 1 is 0.957 bits per heavy atom. The third-order valence-corrected chi connectivity index (χ3v) is 9.83. The average molecular weight is 391 g/mol. The van der Waals surface area contributed by atoms with E-state index in [4.69, 9.17) is 4.43 Å². The zero-order valence-electron chi connectivity index (χ0n) is 14.8. The van der Waals surface area contributed by atoms with Crippen LogP contribution in [0.2, 0.25) is 18.1 Å². The van der Waals surface area contributed by atoms with Crippen LogP contribution in [0.3, 0.4) is 0 Å². The van der Waals surface area contributed by atoms with Crippen LogP contribution in [0.15, 0.2) is 53.0 Å². The molecule has 0 atom stereocenters. The molecule has 0 radical (unpaired) electrons. The quantitative estimate of drug-likeness (QED) is 0.521. The molecule has 0 spiro atoms. The van der Waals surface area contributed by atoms with Gasteiger partial charge in [-0.25, -0.2) is 0 Å². The van der Waals surface area contributed by atoms with E-state index in [1.165, 1.54) is 11.1 Å². The second-order valence-corrected chi connectivity index (χ2v) is 13.2. The van der Waals surface area contributed by atoms with Crippen LogP contribution in [0.1, 0.15) is 31.9 Å². The molecule has 2 aromatic carbocycles. The topological polar surface area (TPSA) is 9.23 Å². The zero-order chi connectivity index (χ0) is 17.1. The van der Waals surface area contributed by atoms with Crippen molar-refractivity contribution >= 4 is 24.2 Å². The SMILES string of the molecule is CC(C)(C)[Si](C)(C)Oc1ccc(CCc2ccccc2)c(Br)c1. The Balaban J connectivity index is 2.06. The first kappa shape index (κ1) is 18.3. The number of aryl methyl sites for hydroxylation is 2. The van der Waals surface area contributed by atoms with Gasteiger partial charge in [-0.1, -0.05) is 73.1 Å². The van der Waals surface area contributed by atoms with Crippen molar-refractivity contribution in [3.05, 3.63) is 64.1 Å². The Hall–Kier alpha value is -1.06. The van der Waals surface area contributed by atoms with Gasteiger partial charge < -0.3 is 4.43 Å². The summed E-state index contributed by atoms with van der Waals surface area (Å²) in [5.41, 5.74) is 2.71. The molecule has 0 aliphatic rings. The van der Waals surface area contributed by atoms with E-state index >= 15 is 0 Å². The van der Waals surface area contributed by atoms with Crippen molar-refractivity contribution in [3.63, 3.8) is 0 Å². The highest BCUT2D eigenvalue weighted by Crippen LogP contribution is 2.38. The van der Waals surface area contributed by atoms with Crippen molar-refractivity contribution in [3.8, 4) is 5.75 Å². The van der Waals surface area contributed by atoms with E-state index in [0.717, 1.165) is 23.1 Å². The van der Waals surface area contributed by atoms with Crippen LogP contribution in [-0.4, -0.2) is 8.32 Å². The van der Waals surface area contributed by atoms with Crippen molar-refractivity contribution in [2.75, 3.05) is 0 Å². The number of rotatable bonds is 5. The van der Waals surface area contributed by atoms with Crippen LogP contribution in [-0.2, 0) is 12.8 Å². The van der Waals surface area contributed by atoms with Crippen LogP contribution >= 0.6 is 15.9 Å². The van der Waals surface area contributed by atoms with Crippen LogP contribution < -0.4 is 4.43 Å². The summed E-state index contributed by atoms with van der Waals surface area (Å²) < 4.78 is 7.52. The first-order valence-corrected chi connectivity index (χ1v) is 11.9. The second-order valence-electron chi connectivity index (χ2n) is 7.60. The highest BCUT2D eigenvalue weighted by Gasteiger charge is 2.38. The zero-order valence-corrected chi connectivity index (χ0v) is 17.4. The van der Waals surface area contributed by atoms with Crippen LogP contribution in [0.25, 0.3) is 0 Å². The Kier molecular flexibility index (Phi) is 5.74. The first-order chi connectivity index (χ1) is 10.7. The van der Waals surface area contributed by atoms with E-state index in [9.17, 15) is 0 Å². The molecule has 0 saturated heterocycles. The fourth-order valence-electron chi connectivity index (χ4n) is 2.17. The lowest BCUT2D eigenvalue weighted by atomic mass is 10.0. The van der Waals surface area contributed by atoms with E-state index in [-0.39, 0.29) is 5.04 Å². The molecule has 3 heteroatoms. The van der Waals surface area contributed by atoms with Gasteiger partial charge in [-0.05, 0) is 54.2 Å². The van der Waals surface area contributed by atoms with Gasteiger partial charge in [0, 0.05) is 4.47 Å². The molecule has 2 aromatic rings. The summed E-state index contributed by atoms with van der Waals surface area (Å²) in [7, 11) is -1.78. The average Bonchev–Trinajstić information content (AvgIpc) is 2.46. The predicted octanol–water partition coefficient (Wildman–Crippen LogP) is 6.62. The van der Waals surface area contributed by atoms with E-state index in [1.807, 2.05) is 0 Å². The van der Waals surface area contributed by atoms with Crippen molar-refractivity contribution < 1.29 is 4.43 Å². The van der Waals surface area contributed by atoms with Gasteiger partial charge in [0.2, 0.25) is 8.32 Å². The number of benzene rings is 2. The Morgan fingerprint density at radius 2 is 1.61 bits per heavy atom. The molecule has 0 unspecified atom stereocenters. The smallest absolute Gasteiger partial charge is 0.250 e. The molecule has 0 aliphatic carbocycles. The largest absolute Gasteiger partial charge is 0.543 e. The molecule has 0 bridgehead atoms. The number of halogens is 1. The molecule has 124 valence electrons. The minimum absolute atomic E-state index is 0.214. The van der Waals surface area contributed by atoms with Gasteiger partial charge in [0.1, 0.15) is 5.75 Å². The lowest BCUT2D eigenvalue weighted by molar-refractivity contribution is 0.491. The normalized spacial score (nSPS) is 12.3. The van der Waals surface area contributed by atoms with Gasteiger partial charge in [0.15, 0.2) is 0 Å². The summed E-state index contributed by atoms with van der Waals surface area (Å²) in [5, 5.41) is 0.214. The van der Waals surface area contributed by atoms with Gasteiger partial charge in [-0.2, -0.15) is 0 Å². The summed E-state index contributed by atoms with van der Waals surface area (Å²) in [6.07, 6.45) is 2.09. The van der Waals surface area contributed by atoms with Gasteiger partial charge in [0.25, 0.3) is 0 Å². The highest BCUT2D eigenvalue weighted by atomic mass is 79.9. The summed E-state index contributed by atoms with van der Waals surface area (Å²) in [6.45, 7) is 11.4. The van der Waals surface area contributed by atoms with Crippen molar-refractivity contribution in [1.82, 2.24) is 0 Å². The highest BCUT2D eigenvalue weighted by molar-refractivity contribution is 9.10. The number of hydrogen-bond donors (Lipinski definition) is 0. The Bertz CT molecular complexity index is 644. The maximum Gasteiger partial charge on any atom is 0.250 e. The summed E-state index contributed by atoms with van der Waals surface area (Å²) in [4.78, 5) is 0. The molecule has 0 aliphatic heterocycles. The van der Waals surface area contributed by atoms with E-state index in [0.29, 0.717) is 0 Å². The molecule has 0 N–H and O–H groups in total. The van der Waals surface area contributed by atoms with Gasteiger partial charge in [-0.3, -0.25) is 0 Å². The van der Waals surface area contributed by atoms with Gasteiger partial charge in [0.05, 0.1) is 0 Å². The monoisotopic (exact) mass is 390 g/mol. The standard InChI is InChI=1S/C20H27BrOSi/c1-20(2,3)23(4,5)22-18-14-13-17(19(21)15-18)12-11-16-9-7-6-8-10-16/h6-10,13-15H,11-12H2,1-5H3. The molecule has 0 fully saturated rings. The molecule has 0 heterocycles. The molecule has 0 saturated carbocycles. The van der Waals surface area contributed by atoms with E-state index in [2.05, 4.69) is 98.3 Å². The summed E-state index contributed by atoms with van der Waals surface area (Å²) in [6, 6.07) is 17.1. The van der Waals surface area contributed by atoms with Crippen LogP contribution in [0.4, 0.5) is 0 Å². The maximum absolute atomic E-state index is 6.37. The van der Waals surface area contributed by atoms with Gasteiger partial charge >= 0.3 is 0 Å². The molecule has 23 heavy (non-hydrogen) atoms. The van der Waals surface area contributed by atoms with Crippen molar-refractivity contribution in [2.24, 2.45) is 0 Å². The van der Waals surface area contributed by atoms with E-state index < -0.39 is 8.32 Å². The molecule has 1 nitrogen and oxygen atoms in total. The van der Waals surface area contributed by atoms with Crippen LogP contribution in [0, 0.1) is 0 Å². The van der Waals surface area contributed by atoms with Gasteiger partial charge in [-0.15, -0.1) is 0 Å². The molecular formula is C20H27BrOSi. The Morgan fingerprint density at radius 3 is 2.17 bits per heavy atom. The lowest BCUT2D eigenvalue weighted by Gasteiger charge is -2.36. The minimum atomic E-state index is -1.78. The third kappa shape index (κ3) is 4.95. The summed E-state index contributed by atoms with van der Waals surface area (Å²) in [5.74, 6) is 0.979. The summed E-state index contributed by atoms with van der Waals surface area (Å²) >= 11 is 3.71. The fraction of sp³-hybridized carbons (Fsp3) is 0.400. The first-order valence-electron chi connectivity index (χ1n) is 8.20. The molecule has 2 rings (SSSR count). The molecule has 0 amide bonds. The van der Waals surface area contributed by atoms with E-state index in [1.54, 1.807) is 0 Å². The van der Waals surface area contributed by atoms with Crippen molar-refractivity contribution in [1.29, 1.82) is 0 Å². The maximum atomic E-state index is 6.37.